The molecule has 0 spiro atoms. The Morgan fingerprint density at radius 2 is 2.12 bits per heavy atom. The zero-order chi connectivity index (χ0) is 13.2. The highest BCUT2D eigenvalue weighted by Gasteiger charge is 2.41. The predicted octanol–water partition coefficient (Wildman–Crippen LogP) is 1.45. The van der Waals surface area contributed by atoms with Gasteiger partial charge in [-0.05, 0) is 18.5 Å². The third-order valence-electron chi connectivity index (χ3n) is 2.00. The van der Waals surface area contributed by atoms with Crippen molar-refractivity contribution < 1.29 is 27.5 Å². The number of ether oxygens (including phenoxy) is 1. The molecule has 1 rings (SSSR count). The summed E-state index contributed by atoms with van der Waals surface area (Å²) >= 11 is 5.18. The third-order valence-corrected chi connectivity index (χ3v) is 2.23. The van der Waals surface area contributed by atoms with Gasteiger partial charge < -0.3 is 9.64 Å². The smallest absolute Gasteiger partial charge is 0.406 e. The van der Waals surface area contributed by atoms with Crippen molar-refractivity contribution in [1.29, 1.82) is 0 Å². The van der Waals surface area contributed by atoms with Gasteiger partial charge in [-0.25, -0.2) is 0 Å². The van der Waals surface area contributed by atoms with Crippen molar-refractivity contribution in [3.8, 4) is 0 Å². The molecule has 0 aromatic rings. The Hall–Kier alpha value is -1.24. The first kappa shape index (κ1) is 13.8. The second kappa shape index (κ2) is 4.95. The molecule has 0 aromatic carbocycles. The highest BCUT2D eigenvalue weighted by molar-refractivity contribution is 6.68. The van der Waals surface area contributed by atoms with Crippen molar-refractivity contribution in [3.63, 3.8) is 0 Å². The van der Waals surface area contributed by atoms with Crippen LogP contribution >= 0.6 is 11.6 Å². The number of rotatable bonds is 4. The molecule has 1 amide bonds. The average Bonchev–Trinajstić information content (AvgIpc) is 2.44. The van der Waals surface area contributed by atoms with Crippen molar-refractivity contribution in [2.24, 2.45) is 0 Å². The molecule has 17 heavy (non-hydrogen) atoms. The maximum absolute atomic E-state index is 12.2. The van der Waals surface area contributed by atoms with Crippen LogP contribution < -0.4 is 0 Å². The first-order valence-electron chi connectivity index (χ1n) is 4.68. The SMILES string of the molecule is CCOC1=C(C(=O)Cl)CN(CC(F)(F)F)C1=O. The van der Waals surface area contributed by atoms with E-state index >= 15 is 0 Å². The lowest BCUT2D eigenvalue weighted by Gasteiger charge is -2.18. The number of carbonyl (C=O) groups is 2. The molecule has 0 atom stereocenters. The summed E-state index contributed by atoms with van der Waals surface area (Å²) < 4.78 is 41.3. The molecule has 0 saturated heterocycles. The number of amides is 1. The average molecular weight is 272 g/mol. The molecule has 1 aliphatic heterocycles. The van der Waals surface area contributed by atoms with Crippen LogP contribution in [0.15, 0.2) is 11.3 Å². The molecule has 1 heterocycles. The first-order valence-corrected chi connectivity index (χ1v) is 5.06. The minimum absolute atomic E-state index is 0.0641. The fourth-order valence-corrected chi connectivity index (χ4v) is 1.54. The van der Waals surface area contributed by atoms with E-state index in [1.54, 1.807) is 6.92 Å². The van der Waals surface area contributed by atoms with Gasteiger partial charge in [0.1, 0.15) is 6.54 Å². The monoisotopic (exact) mass is 271 g/mol. The van der Waals surface area contributed by atoms with Crippen molar-refractivity contribution >= 4 is 22.8 Å². The summed E-state index contributed by atoms with van der Waals surface area (Å²) in [5.41, 5.74) is -0.234. The van der Waals surface area contributed by atoms with E-state index in [1.807, 2.05) is 0 Å². The lowest BCUT2D eigenvalue weighted by Crippen LogP contribution is -2.36. The molecular weight excluding hydrogens is 263 g/mol. The summed E-state index contributed by atoms with van der Waals surface area (Å²) in [6.45, 7) is -0.302. The Morgan fingerprint density at radius 3 is 2.53 bits per heavy atom. The van der Waals surface area contributed by atoms with E-state index in [-0.39, 0.29) is 12.2 Å². The number of halogens is 4. The topological polar surface area (TPSA) is 46.6 Å². The maximum Gasteiger partial charge on any atom is 0.406 e. The largest absolute Gasteiger partial charge is 0.488 e. The summed E-state index contributed by atoms with van der Waals surface area (Å²) in [4.78, 5) is 22.9. The predicted molar refractivity (Wildman–Crippen MR) is 52.1 cm³/mol. The van der Waals surface area contributed by atoms with Crippen LogP contribution in [0.1, 0.15) is 6.92 Å². The van der Waals surface area contributed by atoms with E-state index < -0.39 is 36.2 Å². The Morgan fingerprint density at radius 1 is 1.53 bits per heavy atom. The minimum atomic E-state index is -4.53. The highest BCUT2D eigenvalue weighted by atomic mass is 35.5. The molecule has 96 valence electrons. The molecule has 4 nitrogen and oxygen atoms in total. The number of hydrogen-bond donors (Lipinski definition) is 0. The zero-order valence-electron chi connectivity index (χ0n) is 8.81. The summed E-state index contributed by atoms with van der Waals surface area (Å²) in [5, 5.41) is -0.980. The van der Waals surface area contributed by atoms with Crippen molar-refractivity contribution in [2.75, 3.05) is 19.7 Å². The van der Waals surface area contributed by atoms with Crippen molar-refractivity contribution in [1.82, 2.24) is 4.90 Å². The molecule has 0 aromatic heterocycles. The summed E-state index contributed by atoms with van der Waals surface area (Å²) in [6.07, 6.45) is -4.53. The van der Waals surface area contributed by atoms with E-state index in [1.165, 1.54) is 0 Å². The molecule has 0 N–H and O–H groups in total. The molecule has 0 unspecified atom stereocenters. The quantitative estimate of drug-likeness (QED) is 0.727. The van der Waals surface area contributed by atoms with E-state index in [9.17, 15) is 22.8 Å². The first-order chi connectivity index (χ1) is 7.76. The molecule has 1 aliphatic rings. The molecule has 8 heteroatoms. The van der Waals surface area contributed by atoms with E-state index in [0.29, 0.717) is 4.90 Å². The number of alkyl halides is 3. The molecule has 0 radical (unpaired) electrons. The van der Waals surface area contributed by atoms with Gasteiger partial charge in [0.05, 0.1) is 18.7 Å². The second-order valence-electron chi connectivity index (χ2n) is 3.29. The molecule has 0 fully saturated rings. The van der Waals surface area contributed by atoms with Crippen molar-refractivity contribution in [3.05, 3.63) is 11.3 Å². The molecular formula is C9H9ClF3NO3. The van der Waals surface area contributed by atoms with Crippen LogP contribution in [-0.4, -0.2) is 41.9 Å². The number of hydrogen-bond acceptors (Lipinski definition) is 3. The standard InChI is InChI=1S/C9H9ClF3NO3/c1-2-17-6-5(7(10)15)3-14(8(6)16)4-9(11,12)13/h2-4H2,1H3. The Bertz CT molecular complexity index is 378. The van der Waals surface area contributed by atoms with E-state index in [0.717, 1.165) is 0 Å². The minimum Gasteiger partial charge on any atom is -0.488 e. The number of carbonyl (C=O) groups excluding carboxylic acids is 2. The van der Waals surface area contributed by atoms with Gasteiger partial charge in [-0.2, -0.15) is 13.2 Å². The summed E-state index contributed by atoms with van der Waals surface area (Å²) in [5.74, 6) is -1.36. The summed E-state index contributed by atoms with van der Waals surface area (Å²) in [6, 6.07) is 0. The Balaban J connectivity index is 2.89. The Kier molecular flexibility index (Phi) is 4.03. The van der Waals surface area contributed by atoms with Gasteiger partial charge >= 0.3 is 6.18 Å². The van der Waals surface area contributed by atoms with Gasteiger partial charge in [0, 0.05) is 0 Å². The van der Waals surface area contributed by atoms with Crippen LogP contribution in [0.3, 0.4) is 0 Å². The van der Waals surface area contributed by atoms with Crippen LogP contribution in [-0.2, 0) is 14.3 Å². The van der Waals surface area contributed by atoms with Gasteiger partial charge in [-0.3, -0.25) is 9.59 Å². The van der Waals surface area contributed by atoms with Crippen LogP contribution in [0, 0.1) is 0 Å². The Labute approximate surface area is 100.0 Å². The van der Waals surface area contributed by atoms with E-state index in [4.69, 9.17) is 16.3 Å². The van der Waals surface area contributed by atoms with Crippen LogP contribution in [0.5, 0.6) is 0 Å². The zero-order valence-corrected chi connectivity index (χ0v) is 9.56. The number of nitrogens with zero attached hydrogens (tertiary/aromatic N) is 1. The van der Waals surface area contributed by atoms with Gasteiger partial charge in [0.15, 0.2) is 5.76 Å². The van der Waals surface area contributed by atoms with Gasteiger partial charge in [-0.15, -0.1) is 0 Å². The second-order valence-corrected chi connectivity index (χ2v) is 3.63. The fourth-order valence-electron chi connectivity index (χ4n) is 1.40. The highest BCUT2D eigenvalue weighted by Crippen LogP contribution is 2.26. The molecule has 0 aliphatic carbocycles. The van der Waals surface area contributed by atoms with Gasteiger partial charge in [0.25, 0.3) is 11.1 Å². The van der Waals surface area contributed by atoms with Gasteiger partial charge in [0.2, 0.25) is 0 Å². The third kappa shape index (κ3) is 3.36. The van der Waals surface area contributed by atoms with Crippen molar-refractivity contribution in [2.45, 2.75) is 13.1 Å². The molecule has 0 bridgehead atoms. The normalized spacial score (nSPS) is 16.8. The lowest BCUT2D eigenvalue weighted by molar-refractivity contribution is -0.157. The van der Waals surface area contributed by atoms with Crippen LogP contribution in [0.25, 0.3) is 0 Å². The van der Waals surface area contributed by atoms with E-state index in [2.05, 4.69) is 0 Å². The fraction of sp³-hybridized carbons (Fsp3) is 0.556. The van der Waals surface area contributed by atoms with Crippen LogP contribution in [0.2, 0.25) is 0 Å². The van der Waals surface area contributed by atoms with Crippen LogP contribution in [0.4, 0.5) is 13.2 Å². The maximum atomic E-state index is 12.2. The summed E-state index contributed by atoms with van der Waals surface area (Å²) in [7, 11) is 0. The lowest BCUT2D eigenvalue weighted by atomic mass is 10.3. The molecule has 0 saturated carbocycles. The van der Waals surface area contributed by atoms with Gasteiger partial charge in [-0.1, -0.05) is 0 Å².